The summed E-state index contributed by atoms with van der Waals surface area (Å²) in [7, 11) is 0. The molecule has 2 atom stereocenters. The van der Waals surface area contributed by atoms with Crippen LogP contribution < -0.4 is 0 Å². The molecule has 0 saturated heterocycles. The first-order valence-corrected chi connectivity index (χ1v) is 4.48. The lowest BCUT2D eigenvalue weighted by Crippen LogP contribution is -2.17. The Bertz CT molecular complexity index is 127. The summed E-state index contributed by atoms with van der Waals surface area (Å²) < 4.78 is 0. The van der Waals surface area contributed by atoms with E-state index < -0.39 is 0 Å². The van der Waals surface area contributed by atoms with E-state index in [1.165, 1.54) is 0 Å². The van der Waals surface area contributed by atoms with Crippen LogP contribution in [0.1, 0.15) is 40.5 Å². The number of hydrogen-bond donors (Lipinski definition) is 1. The average molecular weight is 156 g/mol. The fraction of sp³-hybridized carbons (Fsp3) is 0.800. The van der Waals surface area contributed by atoms with Crippen molar-refractivity contribution < 1.29 is 5.11 Å². The Balaban J connectivity index is 4.00. The molecule has 0 fully saturated rings. The Morgan fingerprint density at radius 3 is 2.36 bits per heavy atom. The van der Waals surface area contributed by atoms with Crippen LogP contribution in [0.2, 0.25) is 0 Å². The Morgan fingerprint density at radius 2 is 2.00 bits per heavy atom. The highest BCUT2D eigenvalue weighted by molar-refractivity contribution is 5.05. The van der Waals surface area contributed by atoms with Gasteiger partial charge in [0.25, 0.3) is 0 Å². The summed E-state index contributed by atoms with van der Waals surface area (Å²) in [6.45, 7) is 8.28. The van der Waals surface area contributed by atoms with Gasteiger partial charge in [0, 0.05) is 0 Å². The van der Waals surface area contributed by atoms with Gasteiger partial charge in [0.15, 0.2) is 0 Å². The molecule has 0 aromatic rings. The number of aliphatic hydroxyl groups excluding tert-OH is 1. The van der Waals surface area contributed by atoms with Gasteiger partial charge >= 0.3 is 0 Å². The fourth-order valence-electron chi connectivity index (χ4n) is 1.11. The van der Waals surface area contributed by atoms with Crippen molar-refractivity contribution in [1.29, 1.82) is 0 Å². The second kappa shape index (κ2) is 5.36. The number of hydrogen-bond acceptors (Lipinski definition) is 1. The zero-order valence-electron chi connectivity index (χ0n) is 8.09. The highest BCUT2D eigenvalue weighted by atomic mass is 16.3. The molecule has 0 saturated carbocycles. The molecule has 0 radical (unpaired) electrons. The summed E-state index contributed by atoms with van der Waals surface area (Å²) in [5.41, 5.74) is 1.11. The third kappa shape index (κ3) is 3.57. The highest BCUT2D eigenvalue weighted by Crippen LogP contribution is 2.15. The molecule has 1 heteroatoms. The topological polar surface area (TPSA) is 20.2 Å². The van der Waals surface area contributed by atoms with Crippen LogP contribution in [0, 0.1) is 5.92 Å². The Labute approximate surface area is 70.1 Å². The van der Waals surface area contributed by atoms with Crippen LogP contribution in [0.3, 0.4) is 0 Å². The molecule has 11 heavy (non-hydrogen) atoms. The van der Waals surface area contributed by atoms with Gasteiger partial charge in [-0.3, -0.25) is 0 Å². The van der Waals surface area contributed by atoms with E-state index in [4.69, 9.17) is 0 Å². The maximum absolute atomic E-state index is 9.65. The van der Waals surface area contributed by atoms with Gasteiger partial charge in [0.2, 0.25) is 0 Å². The van der Waals surface area contributed by atoms with Gasteiger partial charge in [-0.25, -0.2) is 0 Å². The Kier molecular flexibility index (Phi) is 5.22. The van der Waals surface area contributed by atoms with Gasteiger partial charge in [-0.15, -0.1) is 0 Å². The summed E-state index contributed by atoms with van der Waals surface area (Å²) in [5, 5.41) is 9.65. The van der Waals surface area contributed by atoms with Gasteiger partial charge in [0.1, 0.15) is 0 Å². The van der Waals surface area contributed by atoms with Crippen molar-refractivity contribution in [2.45, 2.75) is 46.6 Å². The Hall–Kier alpha value is -0.300. The minimum Gasteiger partial charge on any atom is -0.388 e. The minimum atomic E-state index is -0.236. The first-order valence-electron chi connectivity index (χ1n) is 4.48. The molecule has 0 spiro atoms. The molecule has 0 bridgehead atoms. The maximum atomic E-state index is 9.65. The first kappa shape index (κ1) is 10.7. The van der Waals surface area contributed by atoms with E-state index >= 15 is 0 Å². The van der Waals surface area contributed by atoms with E-state index in [1.54, 1.807) is 0 Å². The van der Waals surface area contributed by atoms with E-state index in [-0.39, 0.29) is 6.10 Å². The van der Waals surface area contributed by atoms with Crippen molar-refractivity contribution >= 4 is 0 Å². The van der Waals surface area contributed by atoms with Crippen molar-refractivity contribution in [3.63, 3.8) is 0 Å². The van der Waals surface area contributed by atoms with Gasteiger partial charge in [-0.2, -0.15) is 0 Å². The molecule has 0 rings (SSSR count). The second-order valence-corrected chi connectivity index (χ2v) is 3.19. The van der Waals surface area contributed by atoms with Crippen LogP contribution in [-0.2, 0) is 0 Å². The number of aliphatic hydroxyl groups is 1. The lowest BCUT2D eigenvalue weighted by atomic mass is 9.96. The summed E-state index contributed by atoms with van der Waals surface area (Å²) in [6, 6.07) is 0. The van der Waals surface area contributed by atoms with Crippen LogP contribution in [-0.4, -0.2) is 11.2 Å². The Morgan fingerprint density at radius 1 is 1.45 bits per heavy atom. The smallest absolute Gasteiger partial charge is 0.0772 e. The average Bonchev–Trinajstić information content (AvgIpc) is 2.02. The normalized spacial score (nSPS) is 18.1. The molecule has 1 nitrogen and oxygen atoms in total. The standard InChI is InChI=1S/C10H20O/c1-5-7-9(4)10(11)8(3)6-2/h7-8,10-11H,5-6H2,1-4H3. The van der Waals surface area contributed by atoms with Crippen LogP contribution in [0.5, 0.6) is 0 Å². The maximum Gasteiger partial charge on any atom is 0.0772 e. The summed E-state index contributed by atoms with van der Waals surface area (Å²) in [6.07, 6.45) is 3.91. The largest absolute Gasteiger partial charge is 0.388 e. The van der Waals surface area contributed by atoms with Crippen LogP contribution in [0.15, 0.2) is 11.6 Å². The molecular weight excluding hydrogens is 136 g/mol. The van der Waals surface area contributed by atoms with Crippen LogP contribution in [0.25, 0.3) is 0 Å². The zero-order chi connectivity index (χ0) is 8.85. The third-order valence-electron chi connectivity index (χ3n) is 2.18. The molecule has 0 aliphatic carbocycles. The second-order valence-electron chi connectivity index (χ2n) is 3.19. The summed E-state index contributed by atoms with van der Waals surface area (Å²) in [5.74, 6) is 0.387. The van der Waals surface area contributed by atoms with Gasteiger partial charge < -0.3 is 5.11 Å². The monoisotopic (exact) mass is 156 g/mol. The molecule has 0 aliphatic heterocycles. The molecule has 0 heterocycles. The van der Waals surface area contributed by atoms with E-state index in [1.807, 2.05) is 6.92 Å². The lowest BCUT2D eigenvalue weighted by Gasteiger charge is -2.17. The molecule has 0 aliphatic rings. The summed E-state index contributed by atoms with van der Waals surface area (Å²) >= 11 is 0. The van der Waals surface area contributed by atoms with Crippen molar-refractivity contribution in [3.8, 4) is 0 Å². The van der Waals surface area contributed by atoms with E-state index in [0.717, 1.165) is 18.4 Å². The zero-order valence-corrected chi connectivity index (χ0v) is 8.09. The first-order chi connectivity index (χ1) is 5.13. The van der Waals surface area contributed by atoms with Crippen LogP contribution >= 0.6 is 0 Å². The van der Waals surface area contributed by atoms with E-state index in [2.05, 4.69) is 26.8 Å². The van der Waals surface area contributed by atoms with Crippen molar-refractivity contribution in [2.24, 2.45) is 5.92 Å². The van der Waals surface area contributed by atoms with E-state index in [0.29, 0.717) is 5.92 Å². The minimum absolute atomic E-state index is 0.236. The molecule has 66 valence electrons. The molecule has 0 aromatic heterocycles. The SMILES string of the molecule is CCC=C(C)C(O)C(C)CC. The summed E-state index contributed by atoms with van der Waals surface area (Å²) in [4.78, 5) is 0. The molecule has 0 aromatic carbocycles. The van der Waals surface area contributed by atoms with Gasteiger partial charge in [-0.1, -0.05) is 33.3 Å². The van der Waals surface area contributed by atoms with E-state index in [9.17, 15) is 5.11 Å². The molecule has 2 unspecified atom stereocenters. The number of allylic oxidation sites excluding steroid dienone is 1. The number of rotatable bonds is 4. The van der Waals surface area contributed by atoms with Crippen molar-refractivity contribution in [3.05, 3.63) is 11.6 Å². The fourth-order valence-corrected chi connectivity index (χ4v) is 1.11. The van der Waals surface area contributed by atoms with Crippen LogP contribution in [0.4, 0.5) is 0 Å². The third-order valence-corrected chi connectivity index (χ3v) is 2.18. The molecule has 0 amide bonds. The predicted octanol–water partition coefficient (Wildman–Crippen LogP) is 2.75. The lowest BCUT2D eigenvalue weighted by molar-refractivity contribution is 0.148. The quantitative estimate of drug-likeness (QED) is 0.620. The van der Waals surface area contributed by atoms with Gasteiger partial charge in [-0.05, 0) is 24.8 Å². The predicted molar refractivity (Wildman–Crippen MR) is 49.5 cm³/mol. The van der Waals surface area contributed by atoms with Crippen molar-refractivity contribution in [2.75, 3.05) is 0 Å². The molecular formula is C10H20O. The van der Waals surface area contributed by atoms with Gasteiger partial charge in [0.05, 0.1) is 6.10 Å². The highest BCUT2D eigenvalue weighted by Gasteiger charge is 2.12. The molecule has 1 N–H and O–H groups in total. The van der Waals surface area contributed by atoms with Crippen molar-refractivity contribution in [1.82, 2.24) is 0 Å².